The van der Waals surface area contributed by atoms with Gasteiger partial charge >= 0.3 is 12.2 Å². The monoisotopic (exact) mass is 461 g/mol. The van der Waals surface area contributed by atoms with E-state index < -0.39 is 22.8 Å². The number of benzene rings is 2. The van der Waals surface area contributed by atoms with E-state index in [4.69, 9.17) is 14.2 Å². The molecule has 0 unspecified atom stereocenters. The second kappa shape index (κ2) is 10.6. The molecule has 11 nitrogen and oxygen atoms in total. The van der Waals surface area contributed by atoms with Crippen molar-refractivity contribution in [2.45, 2.75) is 39.5 Å². The Morgan fingerprint density at radius 1 is 1.06 bits per heavy atom. The summed E-state index contributed by atoms with van der Waals surface area (Å²) in [7, 11) is 3.02. The van der Waals surface area contributed by atoms with Crippen molar-refractivity contribution in [3.63, 3.8) is 0 Å². The van der Waals surface area contributed by atoms with Crippen LogP contribution in [-0.4, -0.2) is 47.0 Å². The van der Waals surface area contributed by atoms with Gasteiger partial charge < -0.3 is 19.1 Å². The molecule has 2 rings (SSSR count). The molecule has 2 aromatic carbocycles. The molecule has 0 heterocycles. The number of non-ortho nitro benzene ring substituents is 1. The van der Waals surface area contributed by atoms with Crippen LogP contribution >= 0.6 is 0 Å². The molecule has 0 radical (unpaired) electrons. The minimum atomic E-state index is -1.00. The summed E-state index contributed by atoms with van der Waals surface area (Å²) in [6.07, 6.45) is -1.53. The van der Waals surface area contributed by atoms with Crippen molar-refractivity contribution in [2.75, 3.05) is 19.2 Å². The molecule has 0 atom stereocenters. The largest absolute Gasteiger partial charge is 0.514 e. The third-order valence-electron chi connectivity index (χ3n) is 4.27. The van der Waals surface area contributed by atoms with E-state index in [1.54, 1.807) is 46.0 Å². The summed E-state index contributed by atoms with van der Waals surface area (Å²) in [5, 5.41) is 21.4. The molecule has 0 aliphatic heterocycles. The Hall–Kier alpha value is -3.86. The van der Waals surface area contributed by atoms with Crippen LogP contribution in [0.3, 0.4) is 0 Å². The van der Waals surface area contributed by atoms with Gasteiger partial charge in [0.25, 0.3) is 5.69 Å². The van der Waals surface area contributed by atoms with Crippen LogP contribution in [0.15, 0.2) is 42.5 Å². The van der Waals surface area contributed by atoms with Gasteiger partial charge in [-0.15, -0.1) is 0 Å². The molecule has 0 fully saturated rings. The van der Waals surface area contributed by atoms with Gasteiger partial charge in [0.15, 0.2) is 0 Å². The van der Waals surface area contributed by atoms with E-state index in [0.29, 0.717) is 16.8 Å². The van der Waals surface area contributed by atoms with Gasteiger partial charge in [0.2, 0.25) is 0 Å². The first kappa shape index (κ1) is 25.4. The van der Waals surface area contributed by atoms with Gasteiger partial charge in [0.1, 0.15) is 18.0 Å². The van der Waals surface area contributed by atoms with E-state index in [1.165, 1.54) is 36.2 Å². The van der Waals surface area contributed by atoms with E-state index >= 15 is 0 Å². The molecule has 0 saturated heterocycles. The van der Waals surface area contributed by atoms with Crippen molar-refractivity contribution in [3.8, 4) is 5.75 Å². The molecule has 1 N–H and O–H groups in total. The lowest BCUT2D eigenvalue weighted by Crippen LogP contribution is -2.34. The van der Waals surface area contributed by atoms with Gasteiger partial charge in [0, 0.05) is 32.8 Å². The average molecular weight is 461 g/mol. The van der Waals surface area contributed by atoms with E-state index in [-0.39, 0.29) is 24.6 Å². The standard InChI is InChI=1S/C22H27N3O8/c1-22(2,3)33-20(26)23(4)13-16-12-18(24(5)28)7-6-15(16)14-31-21(27)32-19-10-8-17(9-11-19)25(29)30/h6-12,28H,13-14H2,1-5H3. The van der Waals surface area contributed by atoms with Crippen molar-refractivity contribution in [1.82, 2.24) is 4.90 Å². The number of carbonyl (C=O) groups excluding carboxylic acids is 2. The molecule has 0 aliphatic carbocycles. The summed E-state index contributed by atoms with van der Waals surface area (Å²) in [6, 6.07) is 9.91. The second-order valence-electron chi connectivity index (χ2n) is 8.20. The molecular formula is C22H27N3O8. The molecule has 11 heteroatoms. The zero-order valence-corrected chi connectivity index (χ0v) is 19.1. The number of nitro groups is 1. The highest BCUT2D eigenvalue weighted by Gasteiger charge is 2.21. The number of rotatable bonds is 7. The fraction of sp³-hybridized carbons (Fsp3) is 0.364. The van der Waals surface area contributed by atoms with Crippen LogP contribution in [0.1, 0.15) is 31.9 Å². The Morgan fingerprint density at radius 2 is 1.70 bits per heavy atom. The predicted octanol–water partition coefficient (Wildman–Crippen LogP) is 4.50. The molecule has 33 heavy (non-hydrogen) atoms. The zero-order chi connectivity index (χ0) is 24.8. The zero-order valence-electron chi connectivity index (χ0n) is 19.1. The first-order chi connectivity index (χ1) is 15.4. The van der Waals surface area contributed by atoms with Crippen molar-refractivity contribution >= 4 is 23.6 Å². The summed E-state index contributed by atoms with van der Waals surface area (Å²) in [6.45, 7) is 5.24. The van der Waals surface area contributed by atoms with Gasteiger partial charge in [-0.2, -0.15) is 0 Å². The number of hydroxylamine groups is 1. The number of nitrogens with zero attached hydrogens (tertiary/aromatic N) is 3. The Labute approximate surface area is 191 Å². The maximum absolute atomic E-state index is 12.3. The smallest absolute Gasteiger partial charge is 0.444 e. The lowest BCUT2D eigenvalue weighted by molar-refractivity contribution is -0.384. The highest BCUT2D eigenvalue weighted by Crippen LogP contribution is 2.22. The summed E-state index contributed by atoms with van der Waals surface area (Å²) in [4.78, 5) is 35.9. The number of nitro benzene ring substituents is 1. The van der Waals surface area contributed by atoms with Gasteiger partial charge in [-0.3, -0.25) is 20.4 Å². The van der Waals surface area contributed by atoms with Crippen LogP contribution in [0.25, 0.3) is 0 Å². The van der Waals surface area contributed by atoms with Crippen LogP contribution in [0.2, 0.25) is 0 Å². The fourth-order valence-electron chi connectivity index (χ4n) is 2.66. The van der Waals surface area contributed by atoms with Crippen molar-refractivity contribution in [1.29, 1.82) is 0 Å². The molecule has 178 valence electrons. The first-order valence-electron chi connectivity index (χ1n) is 9.93. The number of ether oxygens (including phenoxy) is 3. The lowest BCUT2D eigenvalue weighted by Gasteiger charge is -2.25. The minimum absolute atomic E-state index is 0.0905. The first-order valence-corrected chi connectivity index (χ1v) is 9.93. The summed E-state index contributed by atoms with van der Waals surface area (Å²) in [5.41, 5.74) is 0.872. The van der Waals surface area contributed by atoms with Crippen LogP contribution in [0, 0.1) is 10.1 Å². The topological polar surface area (TPSA) is 132 Å². The maximum atomic E-state index is 12.3. The minimum Gasteiger partial charge on any atom is -0.444 e. The third-order valence-corrected chi connectivity index (χ3v) is 4.27. The molecule has 0 saturated carbocycles. The van der Waals surface area contributed by atoms with E-state index in [1.807, 2.05) is 0 Å². The van der Waals surface area contributed by atoms with E-state index in [2.05, 4.69) is 0 Å². The lowest BCUT2D eigenvalue weighted by atomic mass is 10.1. The highest BCUT2D eigenvalue weighted by molar-refractivity contribution is 5.68. The third kappa shape index (κ3) is 7.96. The van der Waals surface area contributed by atoms with Crippen molar-refractivity contribution in [2.24, 2.45) is 0 Å². The number of amides is 1. The normalized spacial score (nSPS) is 10.8. The van der Waals surface area contributed by atoms with Gasteiger partial charge in [-0.25, -0.2) is 9.59 Å². The molecular weight excluding hydrogens is 434 g/mol. The molecule has 0 spiro atoms. The Morgan fingerprint density at radius 3 is 2.24 bits per heavy atom. The molecule has 0 aliphatic rings. The Kier molecular flexibility index (Phi) is 8.19. The van der Waals surface area contributed by atoms with Crippen LogP contribution in [0.4, 0.5) is 21.0 Å². The SMILES string of the molecule is CN(Cc1cc(N(C)O)ccc1COC(=O)Oc1ccc([N+](=O)[O-])cc1)C(=O)OC(C)(C)C. The van der Waals surface area contributed by atoms with Crippen LogP contribution in [0.5, 0.6) is 5.75 Å². The highest BCUT2D eigenvalue weighted by atomic mass is 16.7. The number of carbonyl (C=O) groups is 2. The number of anilines is 1. The van der Waals surface area contributed by atoms with Gasteiger partial charge in [-0.05, 0) is 56.2 Å². The molecule has 1 amide bonds. The van der Waals surface area contributed by atoms with Crippen LogP contribution < -0.4 is 9.80 Å². The fourth-order valence-corrected chi connectivity index (χ4v) is 2.66. The summed E-state index contributed by atoms with van der Waals surface area (Å²) < 4.78 is 15.6. The summed E-state index contributed by atoms with van der Waals surface area (Å²) in [5.74, 6) is 0.0905. The van der Waals surface area contributed by atoms with Gasteiger partial charge in [-0.1, -0.05) is 6.07 Å². The Bertz CT molecular complexity index is 1000. The molecule has 0 bridgehead atoms. The van der Waals surface area contributed by atoms with Crippen molar-refractivity contribution < 1.29 is 33.9 Å². The van der Waals surface area contributed by atoms with Gasteiger partial charge in [0.05, 0.1) is 10.6 Å². The van der Waals surface area contributed by atoms with Crippen LogP contribution in [-0.2, 0) is 22.6 Å². The molecule has 2 aromatic rings. The maximum Gasteiger partial charge on any atom is 0.514 e. The average Bonchev–Trinajstić information content (AvgIpc) is 2.71. The second-order valence-corrected chi connectivity index (χ2v) is 8.20. The molecule has 0 aromatic heterocycles. The quantitative estimate of drug-likeness (QED) is 0.274. The number of hydrogen-bond donors (Lipinski definition) is 1. The van der Waals surface area contributed by atoms with E-state index in [9.17, 15) is 24.9 Å². The Balaban J connectivity index is 2.09. The van der Waals surface area contributed by atoms with E-state index in [0.717, 1.165) is 5.06 Å². The number of hydrogen-bond acceptors (Lipinski definition) is 9. The summed E-state index contributed by atoms with van der Waals surface area (Å²) >= 11 is 0. The van der Waals surface area contributed by atoms with Crippen molar-refractivity contribution in [3.05, 3.63) is 63.7 Å². The predicted molar refractivity (Wildman–Crippen MR) is 118 cm³/mol.